The molecule has 3 saturated heterocycles. The summed E-state index contributed by atoms with van der Waals surface area (Å²) in [5.74, 6) is 0.398. The summed E-state index contributed by atoms with van der Waals surface area (Å²) in [7, 11) is 7.15. The second kappa shape index (κ2) is 22.5. The van der Waals surface area contributed by atoms with Crippen LogP contribution >= 0.6 is 57.7 Å². The third-order valence-electron chi connectivity index (χ3n) is 13.1. The van der Waals surface area contributed by atoms with Gasteiger partial charge in [-0.1, -0.05) is 30.0 Å². The Morgan fingerprint density at radius 1 is 0.548 bits per heavy atom. The lowest BCUT2D eigenvalue weighted by atomic mass is 9.49. The van der Waals surface area contributed by atoms with Crippen LogP contribution in [0, 0.1) is 0 Å². The van der Waals surface area contributed by atoms with E-state index in [0.29, 0.717) is 21.9 Å². The van der Waals surface area contributed by atoms with E-state index in [4.69, 9.17) is 46.2 Å². The zero-order valence-electron chi connectivity index (χ0n) is 42.1. The van der Waals surface area contributed by atoms with Gasteiger partial charge >= 0.3 is 33.5 Å². The Balaban J connectivity index is 0.000000175. The standard InChI is InChI=1S/C20H19BF3NO4.C14H7BrF3NO2.C12H24B2O4.H7P5/c1-18(2)19(3,4)29-21(28-18)15-6-5-12(11-14(15)20(22,23)24)27-17-13-8-10-26-16(13)7-9-25-17;15-11-2-1-8(7-10(11)14(16,17)18)21-13-9-4-6-20-12(9)3-5-19-13;1-9(2)10(3,4)16-13(15-9)14-17-11(5,6)12(7,8)18-14;1-4-5(2)3/h5-11H,1-4H3;1-7H;1-8H3;4H,1-3H2. The zero-order chi connectivity index (χ0) is 54.3. The van der Waals surface area contributed by atoms with Crippen molar-refractivity contribution in [3.63, 3.8) is 0 Å². The Morgan fingerprint density at radius 2 is 0.904 bits per heavy atom. The first-order valence-corrected chi connectivity index (χ1v) is 31.5. The van der Waals surface area contributed by atoms with E-state index in [-0.39, 0.29) is 62.6 Å². The van der Waals surface area contributed by atoms with Crippen LogP contribution in [0.4, 0.5) is 26.3 Å². The molecule has 3 aliphatic heterocycles. The molecule has 0 radical (unpaired) electrons. The monoisotopic (exact) mass is 1180 g/mol. The molecule has 2 aromatic carbocycles. The van der Waals surface area contributed by atoms with Gasteiger partial charge in [0.15, 0.2) is 0 Å². The van der Waals surface area contributed by atoms with E-state index in [1.807, 2.05) is 55.4 Å². The number of hydrogen-bond donors (Lipinski definition) is 0. The number of benzene rings is 2. The average Bonchev–Trinajstić information content (AvgIpc) is 4.08. The molecule has 0 N–H and O–H groups in total. The summed E-state index contributed by atoms with van der Waals surface area (Å²) in [5, 5.41) is 1.16. The van der Waals surface area contributed by atoms with E-state index >= 15 is 0 Å². The highest BCUT2D eigenvalue weighted by Gasteiger charge is 2.64. The number of furan rings is 2. The summed E-state index contributed by atoms with van der Waals surface area (Å²) in [6, 6.07) is 13.9. The molecule has 4 unspecified atom stereocenters. The van der Waals surface area contributed by atoms with Crippen molar-refractivity contribution in [2.24, 2.45) is 0 Å². The summed E-state index contributed by atoms with van der Waals surface area (Å²) < 4.78 is 137. The van der Waals surface area contributed by atoms with Crippen LogP contribution in [0.1, 0.15) is 94.2 Å². The van der Waals surface area contributed by atoms with Crippen molar-refractivity contribution in [3.8, 4) is 23.3 Å². The minimum Gasteiger partial charge on any atom is -0.464 e. The lowest BCUT2D eigenvalue weighted by Crippen LogP contribution is -2.41. The van der Waals surface area contributed by atoms with Crippen LogP contribution in [-0.4, -0.2) is 64.7 Å². The van der Waals surface area contributed by atoms with Crippen LogP contribution in [0.3, 0.4) is 0 Å². The third-order valence-corrected chi connectivity index (χ3v) is 25.7. The van der Waals surface area contributed by atoms with Gasteiger partial charge in [-0.3, -0.25) is 0 Å². The zero-order valence-corrected chi connectivity index (χ0v) is 49.1. The molecule has 6 aromatic rings. The first-order chi connectivity index (χ1) is 33.6. The van der Waals surface area contributed by atoms with Crippen molar-refractivity contribution in [2.45, 2.75) is 129 Å². The molecule has 9 rings (SSSR count). The molecule has 73 heavy (non-hydrogen) atoms. The predicted molar refractivity (Wildman–Crippen MR) is 291 cm³/mol. The van der Waals surface area contributed by atoms with E-state index in [1.54, 1.807) is 52.0 Å². The molecule has 0 spiro atoms. The highest BCUT2D eigenvalue weighted by molar-refractivity contribution is 9.10. The molecule has 0 amide bonds. The van der Waals surface area contributed by atoms with Crippen LogP contribution in [0.2, 0.25) is 0 Å². The molecule has 0 aliphatic carbocycles. The SMILES string of the molecule is CC1(C)OB(B2OC(C)(C)C(C)(C)O2)OC1(C)C.CC1(C)OB(c2ccc(Oc3nccc4occc34)cc2C(F)(F)F)OC1(C)C.FC(F)(F)c1cc(Oc2nccc3occc23)ccc1Br.PPP(P)P. The summed E-state index contributed by atoms with van der Waals surface area (Å²) in [4.78, 5) is 8.10. The number of alkyl halides is 6. The summed E-state index contributed by atoms with van der Waals surface area (Å²) in [5.41, 5.74) is -3.66. The number of hydrogen-bond acceptors (Lipinski definition) is 12. The van der Waals surface area contributed by atoms with Crippen molar-refractivity contribution in [1.29, 1.82) is 0 Å². The minimum atomic E-state index is -4.62. The number of ether oxygens (including phenoxy) is 2. The number of fused-ring (bicyclic) bond motifs is 2. The van der Waals surface area contributed by atoms with Crippen LogP contribution < -0.4 is 14.9 Å². The smallest absolute Gasteiger partial charge is 0.464 e. The molecule has 3 aliphatic rings. The van der Waals surface area contributed by atoms with E-state index in [1.165, 1.54) is 49.2 Å². The van der Waals surface area contributed by atoms with Crippen LogP contribution in [0.15, 0.2) is 98.9 Å². The lowest BCUT2D eigenvalue weighted by Gasteiger charge is -2.32. The van der Waals surface area contributed by atoms with Gasteiger partial charge in [-0.05, 0) is 150 Å². The van der Waals surface area contributed by atoms with E-state index in [2.05, 4.69) is 52.7 Å². The Morgan fingerprint density at radius 3 is 1.27 bits per heavy atom. The lowest BCUT2D eigenvalue weighted by molar-refractivity contribution is -0.138. The largest absolute Gasteiger partial charge is 0.495 e. The number of rotatable bonds is 7. The fraction of sp³-hybridized carbons (Fsp3) is 0.435. The highest BCUT2D eigenvalue weighted by atomic mass is 79.9. The first kappa shape index (κ1) is 59.8. The van der Waals surface area contributed by atoms with Crippen LogP contribution in [-0.2, 0) is 40.3 Å². The van der Waals surface area contributed by atoms with Crippen molar-refractivity contribution in [2.75, 3.05) is 0 Å². The second-order valence-electron chi connectivity index (χ2n) is 19.9. The topological polar surface area (TPSA) is 126 Å². The Hall–Kier alpha value is -2.42. The van der Waals surface area contributed by atoms with Gasteiger partial charge in [0, 0.05) is 16.9 Å². The molecule has 12 nitrogen and oxygen atoms in total. The molecular weight excluding hydrogens is 1120 g/mol. The maximum absolute atomic E-state index is 13.8. The number of halogens is 7. The van der Waals surface area contributed by atoms with Gasteiger partial charge in [0.05, 0.1) is 68.0 Å². The van der Waals surface area contributed by atoms with Gasteiger partial charge in [-0.2, -0.15) is 26.3 Å². The van der Waals surface area contributed by atoms with Gasteiger partial charge in [0.2, 0.25) is 11.8 Å². The maximum Gasteiger partial charge on any atom is 0.495 e. The van der Waals surface area contributed by atoms with Gasteiger partial charge in [0.25, 0.3) is 0 Å². The molecule has 0 bridgehead atoms. The van der Waals surface area contributed by atoms with Gasteiger partial charge < -0.3 is 46.2 Å². The Labute approximate surface area is 440 Å². The molecule has 394 valence electrons. The summed E-state index contributed by atoms with van der Waals surface area (Å²) in [6.45, 7) is 23.6. The van der Waals surface area contributed by atoms with Crippen molar-refractivity contribution in [1.82, 2.24) is 9.97 Å². The van der Waals surface area contributed by atoms with Crippen LogP contribution in [0.25, 0.3) is 21.9 Å². The molecule has 3 fully saturated rings. The molecule has 27 heteroatoms. The normalized spacial score (nSPS) is 19.4. The Kier molecular flexibility index (Phi) is 18.4. The molecule has 7 heterocycles. The van der Waals surface area contributed by atoms with E-state index < -0.39 is 55.8 Å². The third kappa shape index (κ3) is 14.0. The van der Waals surface area contributed by atoms with Crippen LogP contribution in [0.5, 0.6) is 23.3 Å². The fourth-order valence-corrected chi connectivity index (χ4v) is 7.40. The second-order valence-corrected chi connectivity index (χ2v) is 34.7. The maximum atomic E-state index is 13.8. The summed E-state index contributed by atoms with van der Waals surface area (Å²) >= 11 is 2.88. The minimum absolute atomic E-state index is 0.00112. The predicted octanol–water partition coefficient (Wildman–Crippen LogP) is 15.0. The number of pyridine rings is 2. The molecular formula is C46H57B3BrF6N2O10P5. The van der Waals surface area contributed by atoms with Crippen molar-refractivity contribution >= 4 is 106 Å². The summed E-state index contributed by atoms with van der Waals surface area (Å²) in [6.07, 6.45) is -3.24. The first-order valence-electron chi connectivity index (χ1n) is 22.5. The number of aromatic nitrogens is 2. The van der Waals surface area contributed by atoms with Crippen molar-refractivity contribution in [3.05, 3.63) is 101 Å². The fourth-order valence-electron chi connectivity index (χ4n) is 6.93. The molecule has 4 aromatic heterocycles. The molecule has 4 atom stereocenters. The number of nitrogens with zero attached hydrogens (tertiary/aromatic N) is 2. The van der Waals surface area contributed by atoms with Crippen molar-refractivity contribution < 1.29 is 72.6 Å². The highest BCUT2D eigenvalue weighted by Crippen LogP contribution is 2.71. The average molecular weight is 1180 g/mol. The van der Waals surface area contributed by atoms with E-state index in [9.17, 15) is 26.3 Å². The van der Waals surface area contributed by atoms with E-state index in [0.717, 1.165) is 20.1 Å². The van der Waals surface area contributed by atoms with Gasteiger partial charge in [0.1, 0.15) is 22.7 Å². The molecule has 0 saturated carbocycles. The van der Waals surface area contributed by atoms with Gasteiger partial charge in [-0.25, -0.2) is 9.97 Å². The quantitative estimate of drug-likeness (QED) is 0.0858. The van der Waals surface area contributed by atoms with Gasteiger partial charge in [-0.15, -0.1) is 26.8 Å². The Bertz CT molecular complexity index is 2790.